The molecule has 0 amide bonds. The summed E-state index contributed by atoms with van der Waals surface area (Å²) in [6.45, 7) is 6.80. The van der Waals surface area contributed by atoms with Crippen LogP contribution in [0.15, 0.2) is 49.2 Å². The maximum atomic E-state index is 11.8. The van der Waals surface area contributed by atoms with Crippen LogP contribution in [-0.2, 0) is 24.8 Å². The molecule has 5 nitrogen and oxygen atoms in total. The van der Waals surface area contributed by atoms with Gasteiger partial charge in [0, 0.05) is 31.4 Å². The molecule has 0 radical (unpaired) electrons. The molecule has 0 aliphatic rings. The van der Waals surface area contributed by atoms with Gasteiger partial charge in [0.05, 0.1) is 6.20 Å². The van der Waals surface area contributed by atoms with Crippen molar-refractivity contribution in [3.63, 3.8) is 0 Å². The smallest absolute Gasteiger partial charge is 0.321 e. The topological polar surface area (TPSA) is 58.4 Å². The van der Waals surface area contributed by atoms with Crippen molar-refractivity contribution in [2.75, 3.05) is 6.54 Å². The van der Waals surface area contributed by atoms with E-state index in [1.807, 2.05) is 49.2 Å². The van der Waals surface area contributed by atoms with Crippen molar-refractivity contribution < 1.29 is 9.90 Å². The van der Waals surface area contributed by atoms with Gasteiger partial charge in [0.15, 0.2) is 0 Å². The Bertz CT molecular complexity index is 664. The Labute approximate surface area is 136 Å². The standard InChI is InChI=1S/C18H23N3O2/c1-4-10-21(13-16-12-19-20(3)14(16)2)17(18(22)23)11-15-8-6-5-7-9-15/h4-9,12,17H,1,10-11,13H2,2-3H3,(H,22,23). The van der Waals surface area contributed by atoms with Crippen LogP contribution in [0.1, 0.15) is 16.8 Å². The normalized spacial score (nSPS) is 12.3. The molecule has 0 spiro atoms. The van der Waals surface area contributed by atoms with E-state index in [2.05, 4.69) is 11.7 Å². The lowest BCUT2D eigenvalue weighted by atomic mass is 10.0. The molecule has 1 unspecified atom stereocenters. The maximum Gasteiger partial charge on any atom is 0.321 e. The molecule has 1 aromatic heterocycles. The van der Waals surface area contributed by atoms with E-state index in [-0.39, 0.29) is 0 Å². The van der Waals surface area contributed by atoms with Gasteiger partial charge in [0.1, 0.15) is 6.04 Å². The molecule has 2 aromatic rings. The quantitative estimate of drug-likeness (QED) is 0.760. The minimum absolute atomic E-state index is 0.462. The number of hydrogen-bond acceptors (Lipinski definition) is 3. The Hall–Kier alpha value is -2.40. The van der Waals surface area contributed by atoms with Gasteiger partial charge in [-0.05, 0) is 18.9 Å². The fourth-order valence-electron chi connectivity index (χ4n) is 2.60. The highest BCUT2D eigenvalue weighted by molar-refractivity contribution is 5.74. The number of carbonyl (C=O) groups is 1. The highest BCUT2D eigenvalue weighted by Gasteiger charge is 2.26. The van der Waals surface area contributed by atoms with Gasteiger partial charge < -0.3 is 5.11 Å². The SMILES string of the molecule is C=CCN(Cc1cnn(C)c1C)C(Cc1ccccc1)C(=O)O. The number of nitrogens with zero attached hydrogens (tertiary/aromatic N) is 3. The molecule has 1 N–H and O–H groups in total. The van der Waals surface area contributed by atoms with Crippen molar-refractivity contribution in [1.82, 2.24) is 14.7 Å². The molecule has 5 heteroatoms. The molecule has 0 saturated carbocycles. The average molecular weight is 313 g/mol. The van der Waals surface area contributed by atoms with Crippen LogP contribution in [0.4, 0.5) is 0 Å². The van der Waals surface area contributed by atoms with Crippen LogP contribution in [0, 0.1) is 6.92 Å². The summed E-state index contributed by atoms with van der Waals surface area (Å²) in [7, 11) is 1.88. The van der Waals surface area contributed by atoms with Crippen LogP contribution in [0.2, 0.25) is 0 Å². The van der Waals surface area contributed by atoms with Crippen LogP contribution < -0.4 is 0 Å². The second kappa shape index (κ2) is 7.74. The number of rotatable bonds is 8. The maximum absolute atomic E-state index is 11.8. The largest absolute Gasteiger partial charge is 0.480 e. The first kappa shape index (κ1) is 17.0. The first-order valence-corrected chi connectivity index (χ1v) is 7.62. The van der Waals surface area contributed by atoms with Gasteiger partial charge in [0.25, 0.3) is 0 Å². The third-order valence-electron chi connectivity index (χ3n) is 4.07. The molecule has 0 aliphatic carbocycles. The van der Waals surface area contributed by atoms with Crippen LogP contribution in [0.25, 0.3) is 0 Å². The summed E-state index contributed by atoms with van der Waals surface area (Å²) in [6, 6.07) is 9.10. The molecule has 1 heterocycles. The van der Waals surface area contributed by atoms with Crippen molar-refractivity contribution in [1.29, 1.82) is 0 Å². The minimum Gasteiger partial charge on any atom is -0.480 e. The minimum atomic E-state index is -0.822. The molecular formula is C18H23N3O2. The highest BCUT2D eigenvalue weighted by Crippen LogP contribution is 2.15. The fourth-order valence-corrected chi connectivity index (χ4v) is 2.60. The first-order valence-electron chi connectivity index (χ1n) is 7.62. The predicted octanol–water partition coefficient (Wildman–Crippen LogP) is 2.41. The summed E-state index contributed by atoms with van der Waals surface area (Å²) in [5.74, 6) is -0.822. The third kappa shape index (κ3) is 4.29. The van der Waals surface area contributed by atoms with Crippen LogP contribution in [0.5, 0.6) is 0 Å². The van der Waals surface area contributed by atoms with E-state index in [0.717, 1.165) is 16.8 Å². The zero-order valence-electron chi connectivity index (χ0n) is 13.6. The highest BCUT2D eigenvalue weighted by atomic mass is 16.4. The van der Waals surface area contributed by atoms with E-state index >= 15 is 0 Å². The molecule has 0 saturated heterocycles. The summed E-state index contributed by atoms with van der Waals surface area (Å²) in [4.78, 5) is 13.7. The Balaban J connectivity index is 2.22. The number of aliphatic carboxylic acids is 1. The molecule has 0 fully saturated rings. The Kier molecular flexibility index (Phi) is 5.71. The Morgan fingerprint density at radius 1 is 1.43 bits per heavy atom. The average Bonchev–Trinajstić information content (AvgIpc) is 2.85. The third-order valence-corrected chi connectivity index (χ3v) is 4.07. The molecule has 1 aromatic carbocycles. The van der Waals surface area contributed by atoms with Crippen LogP contribution >= 0.6 is 0 Å². The first-order chi connectivity index (χ1) is 11.0. The predicted molar refractivity (Wildman–Crippen MR) is 90.1 cm³/mol. The lowest BCUT2D eigenvalue weighted by Crippen LogP contribution is -2.42. The van der Waals surface area contributed by atoms with Crippen molar-refractivity contribution >= 4 is 5.97 Å². The van der Waals surface area contributed by atoms with Crippen LogP contribution in [0.3, 0.4) is 0 Å². The van der Waals surface area contributed by atoms with Crippen molar-refractivity contribution in [2.45, 2.75) is 25.9 Å². The number of aromatic nitrogens is 2. The van der Waals surface area contributed by atoms with Gasteiger partial charge in [-0.2, -0.15) is 5.10 Å². The van der Waals surface area contributed by atoms with E-state index in [4.69, 9.17) is 0 Å². The lowest BCUT2D eigenvalue weighted by Gasteiger charge is -2.27. The number of hydrogen-bond donors (Lipinski definition) is 1. The molecule has 1 atom stereocenters. The molecule has 23 heavy (non-hydrogen) atoms. The summed E-state index contributed by atoms with van der Waals surface area (Å²) in [5.41, 5.74) is 3.09. The van der Waals surface area contributed by atoms with Crippen LogP contribution in [-0.4, -0.2) is 38.3 Å². The van der Waals surface area contributed by atoms with E-state index in [9.17, 15) is 9.90 Å². The monoisotopic (exact) mass is 313 g/mol. The van der Waals surface area contributed by atoms with E-state index in [0.29, 0.717) is 19.5 Å². The molecule has 0 bridgehead atoms. The summed E-state index contributed by atoms with van der Waals surface area (Å²) in [6.07, 6.45) is 4.00. The summed E-state index contributed by atoms with van der Waals surface area (Å²) < 4.78 is 1.80. The van der Waals surface area contributed by atoms with Gasteiger partial charge >= 0.3 is 5.97 Å². The van der Waals surface area contributed by atoms with Gasteiger partial charge in [-0.1, -0.05) is 36.4 Å². The number of carboxylic acid groups (broad SMARTS) is 1. The van der Waals surface area contributed by atoms with Crippen molar-refractivity contribution in [3.05, 3.63) is 66.0 Å². The fraction of sp³-hybridized carbons (Fsp3) is 0.333. The van der Waals surface area contributed by atoms with Gasteiger partial charge in [0.2, 0.25) is 0 Å². The van der Waals surface area contributed by atoms with E-state index in [1.54, 1.807) is 17.0 Å². The molecular weight excluding hydrogens is 290 g/mol. The van der Waals surface area contributed by atoms with Crippen molar-refractivity contribution in [2.24, 2.45) is 7.05 Å². The van der Waals surface area contributed by atoms with Gasteiger partial charge in [-0.3, -0.25) is 14.4 Å². The summed E-state index contributed by atoms with van der Waals surface area (Å²) >= 11 is 0. The van der Waals surface area contributed by atoms with E-state index in [1.165, 1.54) is 0 Å². The number of carboxylic acids is 1. The zero-order chi connectivity index (χ0) is 16.8. The second-order valence-corrected chi connectivity index (χ2v) is 5.64. The zero-order valence-corrected chi connectivity index (χ0v) is 13.6. The van der Waals surface area contributed by atoms with Gasteiger partial charge in [-0.25, -0.2) is 0 Å². The second-order valence-electron chi connectivity index (χ2n) is 5.64. The lowest BCUT2D eigenvalue weighted by molar-refractivity contribution is -0.143. The van der Waals surface area contributed by atoms with E-state index < -0.39 is 12.0 Å². The van der Waals surface area contributed by atoms with Crippen molar-refractivity contribution in [3.8, 4) is 0 Å². The molecule has 2 rings (SSSR count). The number of benzene rings is 1. The summed E-state index contributed by atoms with van der Waals surface area (Å²) in [5, 5.41) is 13.9. The molecule has 0 aliphatic heterocycles. The number of aryl methyl sites for hydroxylation is 1. The molecule has 122 valence electrons. The van der Waals surface area contributed by atoms with Gasteiger partial charge in [-0.15, -0.1) is 6.58 Å². The Morgan fingerprint density at radius 2 is 2.13 bits per heavy atom. The Morgan fingerprint density at radius 3 is 2.65 bits per heavy atom.